The molecule has 0 N–H and O–H groups in total. The van der Waals surface area contributed by atoms with E-state index in [2.05, 4.69) is 19.0 Å². The first-order chi connectivity index (χ1) is 11.1. The minimum atomic E-state index is 0.0368. The molecule has 1 fully saturated rings. The quantitative estimate of drug-likeness (QED) is 0.526. The molecule has 4 heteroatoms. The average Bonchev–Trinajstić information content (AvgIpc) is 2.55. The van der Waals surface area contributed by atoms with E-state index < -0.39 is 0 Å². The highest BCUT2D eigenvalue weighted by Crippen LogP contribution is 2.27. The third kappa shape index (κ3) is 5.77. The summed E-state index contributed by atoms with van der Waals surface area (Å²) in [7, 11) is 0. The van der Waals surface area contributed by atoms with Gasteiger partial charge in [0.15, 0.2) is 6.10 Å². The Labute approximate surface area is 139 Å². The van der Waals surface area contributed by atoms with Crippen molar-refractivity contribution in [1.82, 2.24) is 0 Å². The Morgan fingerprint density at radius 1 is 1.09 bits per heavy atom. The van der Waals surface area contributed by atoms with Crippen LogP contribution in [0.5, 0.6) is 11.5 Å². The molecule has 0 saturated heterocycles. The van der Waals surface area contributed by atoms with Gasteiger partial charge in [-0.15, -0.1) is 0 Å². The van der Waals surface area contributed by atoms with Gasteiger partial charge in [-0.3, -0.25) is 0 Å². The SMILES string of the molecule is CCC(C)Oc1ccc(OC2CCCCC2ON=C(C)C)cc1. The van der Waals surface area contributed by atoms with Crippen LogP contribution >= 0.6 is 0 Å². The van der Waals surface area contributed by atoms with Crippen LogP contribution in [-0.4, -0.2) is 24.0 Å². The van der Waals surface area contributed by atoms with Crippen LogP contribution in [0.25, 0.3) is 0 Å². The van der Waals surface area contributed by atoms with Gasteiger partial charge in [0.05, 0.1) is 11.8 Å². The van der Waals surface area contributed by atoms with Crippen LogP contribution in [0.2, 0.25) is 0 Å². The predicted molar refractivity (Wildman–Crippen MR) is 93.4 cm³/mol. The number of hydrogen-bond donors (Lipinski definition) is 0. The second-order valence-corrected chi connectivity index (χ2v) is 6.43. The molecule has 1 aromatic carbocycles. The summed E-state index contributed by atoms with van der Waals surface area (Å²) in [5.74, 6) is 1.74. The van der Waals surface area contributed by atoms with Crippen molar-refractivity contribution in [3.05, 3.63) is 24.3 Å². The van der Waals surface area contributed by atoms with Gasteiger partial charge in [-0.25, -0.2) is 0 Å². The molecular weight excluding hydrogens is 290 g/mol. The topological polar surface area (TPSA) is 40.0 Å². The smallest absolute Gasteiger partial charge is 0.164 e. The van der Waals surface area contributed by atoms with E-state index in [1.165, 1.54) is 12.8 Å². The van der Waals surface area contributed by atoms with Crippen LogP contribution in [0.4, 0.5) is 0 Å². The minimum Gasteiger partial charge on any atom is -0.491 e. The molecule has 1 aliphatic rings. The number of hydrogen-bond acceptors (Lipinski definition) is 4. The van der Waals surface area contributed by atoms with Crippen molar-refractivity contribution in [3.8, 4) is 11.5 Å². The van der Waals surface area contributed by atoms with E-state index in [0.717, 1.165) is 36.5 Å². The fraction of sp³-hybridized carbons (Fsp3) is 0.632. The summed E-state index contributed by atoms with van der Waals surface area (Å²) in [5.41, 5.74) is 0.931. The second-order valence-electron chi connectivity index (χ2n) is 6.43. The molecule has 3 unspecified atom stereocenters. The van der Waals surface area contributed by atoms with Gasteiger partial charge in [-0.05, 0) is 77.1 Å². The monoisotopic (exact) mass is 319 g/mol. The standard InChI is InChI=1S/C19H29NO3/c1-5-15(4)21-16-10-12-17(13-11-16)22-18-8-6-7-9-19(18)23-20-14(2)3/h10-13,15,18-19H,5-9H2,1-4H3. The van der Waals surface area contributed by atoms with Gasteiger partial charge in [0.25, 0.3) is 0 Å². The fourth-order valence-corrected chi connectivity index (χ4v) is 2.58. The molecule has 0 radical (unpaired) electrons. The predicted octanol–water partition coefficient (Wildman–Crippen LogP) is 4.97. The van der Waals surface area contributed by atoms with Crippen molar-refractivity contribution in [1.29, 1.82) is 0 Å². The first-order valence-electron chi connectivity index (χ1n) is 8.69. The van der Waals surface area contributed by atoms with Crippen molar-refractivity contribution in [2.24, 2.45) is 5.16 Å². The Kier molecular flexibility index (Phi) is 6.75. The molecule has 3 atom stereocenters. The lowest BCUT2D eigenvalue weighted by Crippen LogP contribution is -2.36. The minimum absolute atomic E-state index is 0.0368. The van der Waals surface area contributed by atoms with Crippen LogP contribution in [-0.2, 0) is 4.84 Å². The van der Waals surface area contributed by atoms with Crippen LogP contribution < -0.4 is 9.47 Å². The Morgan fingerprint density at radius 2 is 1.70 bits per heavy atom. The molecule has 0 aromatic heterocycles. The maximum Gasteiger partial charge on any atom is 0.164 e. The lowest BCUT2D eigenvalue weighted by molar-refractivity contribution is -0.0457. The molecule has 2 rings (SSSR count). The zero-order valence-electron chi connectivity index (χ0n) is 14.7. The van der Waals surface area contributed by atoms with Gasteiger partial charge in [0.2, 0.25) is 0 Å². The van der Waals surface area contributed by atoms with Crippen molar-refractivity contribution >= 4 is 5.71 Å². The van der Waals surface area contributed by atoms with E-state index in [9.17, 15) is 0 Å². The lowest BCUT2D eigenvalue weighted by atomic mass is 9.95. The van der Waals surface area contributed by atoms with E-state index in [1.54, 1.807) is 0 Å². The number of rotatable bonds is 7. The van der Waals surface area contributed by atoms with Gasteiger partial charge < -0.3 is 14.3 Å². The third-order valence-corrected chi connectivity index (χ3v) is 4.04. The van der Waals surface area contributed by atoms with Gasteiger partial charge >= 0.3 is 0 Å². The summed E-state index contributed by atoms with van der Waals surface area (Å²) in [6, 6.07) is 7.87. The maximum atomic E-state index is 6.14. The number of ether oxygens (including phenoxy) is 2. The normalized spacial score (nSPS) is 22.1. The molecule has 128 valence electrons. The zero-order valence-corrected chi connectivity index (χ0v) is 14.7. The molecule has 0 amide bonds. The number of benzene rings is 1. The summed E-state index contributed by atoms with van der Waals surface area (Å²) in [6.45, 7) is 8.07. The van der Waals surface area contributed by atoms with E-state index in [1.807, 2.05) is 38.1 Å². The molecule has 0 aliphatic heterocycles. The van der Waals surface area contributed by atoms with Crippen LogP contribution in [0, 0.1) is 0 Å². The lowest BCUT2D eigenvalue weighted by Gasteiger charge is -2.30. The Balaban J connectivity index is 1.94. The van der Waals surface area contributed by atoms with Gasteiger partial charge in [-0.1, -0.05) is 12.1 Å². The van der Waals surface area contributed by atoms with E-state index in [0.29, 0.717) is 0 Å². The van der Waals surface area contributed by atoms with E-state index in [4.69, 9.17) is 14.3 Å². The fourth-order valence-electron chi connectivity index (χ4n) is 2.58. The van der Waals surface area contributed by atoms with Crippen LogP contribution in [0.15, 0.2) is 29.4 Å². The molecule has 0 bridgehead atoms. The molecule has 23 heavy (non-hydrogen) atoms. The third-order valence-electron chi connectivity index (χ3n) is 4.04. The van der Waals surface area contributed by atoms with E-state index >= 15 is 0 Å². The summed E-state index contributed by atoms with van der Waals surface area (Å²) in [5, 5.41) is 4.11. The molecule has 1 aliphatic carbocycles. The highest BCUT2D eigenvalue weighted by Gasteiger charge is 2.28. The van der Waals surface area contributed by atoms with Gasteiger partial charge in [0.1, 0.15) is 17.6 Å². The number of nitrogens with zero attached hydrogens (tertiary/aromatic N) is 1. The Hall–Kier alpha value is -1.71. The van der Waals surface area contributed by atoms with Crippen molar-refractivity contribution in [2.75, 3.05) is 0 Å². The Morgan fingerprint density at radius 3 is 2.30 bits per heavy atom. The highest BCUT2D eigenvalue weighted by atomic mass is 16.7. The van der Waals surface area contributed by atoms with Crippen LogP contribution in [0.1, 0.15) is 59.8 Å². The molecular formula is C19H29NO3. The summed E-state index contributed by atoms with van der Waals surface area (Å²) < 4.78 is 11.9. The summed E-state index contributed by atoms with van der Waals surface area (Å²) in [4.78, 5) is 5.66. The van der Waals surface area contributed by atoms with E-state index in [-0.39, 0.29) is 18.3 Å². The molecule has 1 aromatic rings. The summed E-state index contributed by atoms with van der Waals surface area (Å²) in [6.07, 6.45) is 5.68. The average molecular weight is 319 g/mol. The zero-order chi connectivity index (χ0) is 16.7. The number of oxime groups is 1. The summed E-state index contributed by atoms with van der Waals surface area (Å²) >= 11 is 0. The van der Waals surface area contributed by atoms with Crippen molar-refractivity contribution < 1.29 is 14.3 Å². The largest absolute Gasteiger partial charge is 0.491 e. The Bertz CT molecular complexity index is 494. The van der Waals surface area contributed by atoms with Crippen molar-refractivity contribution in [2.45, 2.75) is 78.1 Å². The van der Waals surface area contributed by atoms with Crippen molar-refractivity contribution in [3.63, 3.8) is 0 Å². The first-order valence-corrected chi connectivity index (χ1v) is 8.69. The molecule has 1 saturated carbocycles. The molecule has 0 spiro atoms. The van der Waals surface area contributed by atoms with Gasteiger partial charge in [-0.2, -0.15) is 0 Å². The molecule has 0 heterocycles. The highest BCUT2D eigenvalue weighted by molar-refractivity contribution is 5.78. The van der Waals surface area contributed by atoms with Gasteiger partial charge in [0, 0.05) is 0 Å². The second kappa shape index (κ2) is 8.80. The van der Waals surface area contributed by atoms with Crippen LogP contribution in [0.3, 0.4) is 0 Å². The molecule has 4 nitrogen and oxygen atoms in total. The first kappa shape index (κ1) is 17.6. The maximum absolute atomic E-state index is 6.14.